The Balaban J connectivity index is 1.37. The molecule has 0 N–H and O–H groups in total. The van der Waals surface area contributed by atoms with E-state index in [1.807, 2.05) is 28.8 Å². The highest BCUT2D eigenvalue weighted by Gasteiger charge is 2.16. The largest absolute Gasteiger partial charge is 0.303 e. The maximum Gasteiger partial charge on any atom is 0.231 e. The second kappa shape index (κ2) is 8.26. The molecule has 3 aromatic rings. The molecule has 3 heteroatoms. The molecule has 0 bridgehead atoms. The van der Waals surface area contributed by atoms with Crippen LogP contribution in [0.5, 0.6) is 0 Å². The summed E-state index contributed by atoms with van der Waals surface area (Å²) in [6.45, 7) is 6.05. The monoisotopic (exact) mass is 362 g/mol. The van der Waals surface area contributed by atoms with Crippen molar-refractivity contribution in [2.75, 3.05) is 19.6 Å². The highest BCUT2D eigenvalue weighted by molar-refractivity contribution is 6.13. The number of aromatic nitrogens is 1. The minimum absolute atomic E-state index is 0.221. The Morgan fingerprint density at radius 2 is 1.63 bits per heavy atom. The summed E-state index contributed by atoms with van der Waals surface area (Å²) in [5, 5.41) is 2.33. The van der Waals surface area contributed by atoms with Crippen LogP contribution in [0.1, 0.15) is 50.2 Å². The van der Waals surface area contributed by atoms with Crippen molar-refractivity contribution >= 4 is 27.7 Å². The van der Waals surface area contributed by atoms with Crippen molar-refractivity contribution in [3.63, 3.8) is 0 Å². The molecule has 0 radical (unpaired) electrons. The summed E-state index contributed by atoms with van der Waals surface area (Å²) in [7, 11) is 0. The lowest BCUT2D eigenvalue weighted by Crippen LogP contribution is -2.34. The lowest BCUT2D eigenvalue weighted by molar-refractivity contribution is 0.0908. The molecule has 2 aromatic carbocycles. The highest BCUT2D eigenvalue weighted by atomic mass is 16.2. The molecule has 0 saturated carbocycles. The maximum atomic E-state index is 13.0. The first-order valence-electron chi connectivity index (χ1n) is 10.5. The number of hydrogen-bond acceptors (Lipinski definition) is 2. The van der Waals surface area contributed by atoms with E-state index in [1.54, 1.807) is 0 Å². The van der Waals surface area contributed by atoms with Gasteiger partial charge in [-0.25, -0.2) is 0 Å². The van der Waals surface area contributed by atoms with E-state index in [4.69, 9.17) is 0 Å². The van der Waals surface area contributed by atoms with E-state index >= 15 is 0 Å². The number of carbonyl (C=O) groups excluding carboxylic acids is 1. The van der Waals surface area contributed by atoms with Crippen LogP contribution in [-0.2, 0) is 0 Å². The molecule has 1 fully saturated rings. The van der Waals surface area contributed by atoms with Gasteiger partial charge in [-0.15, -0.1) is 0 Å². The molecule has 2 heterocycles. The van der Waals surface area contributed by atoms with Crippen molar-refractivity contribution in [2.45, 2.75) is 45.4 Å². The Morgan fingerprint density at radius 3 is 2.30 bits per heavy atom. The van der Waals surface area contributed by atoms with Gasteiger partial charge in [0.2, 0.25) is 5.91 Å². The summed E-state index contributed by atoms with van der Waals surface area (Å²) < 4.78 is 1.93. The minimum atomic E-state index is 0.221. The van der Waals surface area contributed by atoms with E-state index in [1.165, 1.54) is 49.7 Å². The molecule has 1 aliphatic heterocycles. The Morgan fingerprint density at radius 1 is 0.963 bits per heavy atom. The van der Waals surface area contributed by atoms with E-state index < -0.39 is 0 Å². The van der Waals surface area contributed by atoms with Crippen molar-refractivity contribution in [3.8, 4) is 0 Å². The molecular weight excluding hydrogens is 332 g/mol. The van der Waals surface area contributed by atoms with E-state index in [0.717, 1.165) is 29.8 Å². The van der Waals surface area contributed by atoms with Crippen LogP contribution in [-0.4, -0.2) is 35.0 Å². The van der Waals surface area contributed by atoms with Crippen molar-refractivity contribution in [2.24, 2.45) is 5.92 Å². The molecule has 0 amide bonds. The van der Waals surface area contributed by atoms with Crippen LogP contribution in [0.15, 0.2) is 48.5 Å². The van der Waals surface area contributed by atoms with Gasteiger partial charge in [0.05, 0.1) is 11.0 Å². The Kier molecular flexibility index (Phi) is 5.58. The molecule has 0 aliphatic carbocycles. The summed E-state index contributed by atoms with van der Waals surface area (Å²) in [5.41, 5.74) is 2.07. The highest BCUT2D eigenvalue weighted by Crippen LogP contribution is 2.29. The number of fused-ring (bicyclic) bond motifs is 3. The number of benzene rings is 2. The van der Waals surface area contributed by atoms with E-state index in [0.29, 0.717) is 6.42 Å². The summed E-state index contributed by atoms with van der Waals surface area (Å²) in [5.74, 6) is 1.06. The van der Waals surface area contributed by atoms with Crippen LogP contribution in [0.3, 0.4) is 0 Å². The number of piperidine rings is 1. The van der Waals surface area contributed by atoms with Crippen LogP contribution >= 0.6 is 0 Å². The Hall–Kier alpha value is -2.13. The van der Waals surface area contributed by atoms with Crippen LogP contribution < -0.4 is 0 Å². The normalized spacial score (nSPS) is 18.3. The van der Waals surface area contributed by atoms with Crippen molar-refractivity contribution < 1.29 is 4.79 Å². The first-order chi connectivity index (χ1) is 13.2. The van der Waals surface area contributed by atoms with Crippen LogP contribution in [0.2, 0.25) is 0 Å². The van der Waals surface area contributed by atoms with E-state index in [2.05, 4.69) is 36.1 Å². The number of rotatable bonds is 6. The fourth-order valence-corrected chi connectivity index (χ4v) is 4.58. The predicted molar refractivity (Wildman–Crippen MR) is 113 cm³/mol. The minimum Gasteiger partial charge on any atom is -0.303 e. The zero-order chi connectivity index (χ0) is 18.6. The Bertz CT molecular complexity index is 873. The number of hydrogen-bond donors (Lipinski definition) is 0. The van der Waals surface area contributed by atoms with Gasteiger partial charge in [-0.2, -0.15) is 0 Å². The zero-order valence-corrected chi connectivity index (χ0v) is 16.4. The van der Waals surface area contributed by atoms with Gasteiger partial charge in [0, 0.05) is 23.7 Å². The summed E-state index contributed by atoms with van der Waals surface area (Å²) in [4.78, 5) is 15.6. The van der Waals surface area contributed by atoms with E-state index in [9.17, 15) is 4.79 Å². The lowest BCUT2D eigenvalue weighted by atomic mass is 10.00. The fourth-order valence-electron chi connectivity index (χ4n) is 4.58. The van der Waals surface area contributed by atoms with Crippen molar-refractivity contribution in [1.82, 2.24) is 9.47 Å². The Labute approximate surface area is 162 Å². The van der Waals surface area contributed by atoms with Crippen molar-refractivity contribution in [1.29, 1.82) is 0 Å². The van der Waals surface area contributed by atoms with Crippen LogP contribution in [0, 0.1) is 5.92 Å². The third kappa shape index (κ3) is 3.93. The summed E-state index contributed by atoms with van der Waals surface area (Å²) in [6, 6.07) is 16.5. The summed E-state index contributed by atoms with van der Waals surface area (Å²) in [6.07, 6.45) is 6.65. The second-order valence-corrected chi connectivity index (χ2v) is 8.12. The van der Waals surface area contributed by atoms with Gasteiger partial charge in [0.15, 0.2) is 0 Å². The molecule has 1 aliphatic rings. The number of unbranched alkanes of at least 4 members (excludes halogenated alkanes) is 2. The molecular formula is C24H30N2O. The average Bonchev–Trinajstić information content (AvgIpc) is 3.02. The van der Waals surface area contributed by atoms with Gasteiger partial charge in [-0.05, 0) is 56.8 Å². The quantitative estimate of drug-likeness (QED) is 0.523. The zero-order valence-electron chi connectivity index (χ0n) is 16.4. The van der Waals surface area contributed by atoms with Gasteiger partial charge >= 0.3 is 0 Å². The molecule has 1 aromatic heterocycles. The van der Waals surface area contributed by atoms with Crippen molar-refractivity contribution in [3.05, 3.63) is 48.5 Å². The third-order valence-electron chi connectivity index (χ3n) is 5.94. The maximum absolute atomic E-state index is 13.0. The molecule has 27 heavy (non-hydrogen) atoms. The predicted octanol–water partition coefficient (Wildman–Crippen LogP) is 5.73. The van der Waals surface area contributed by atoms with E-state index in [-0.39, 0.29) is 5.91 Å². The first kappa shape index (κ1) is 18.2. The van der Waals surface area contributed by atoms with Crippen LogP contribution in [0.4, 0.5) is 0 Å². The lowest BCUT2D eigenvalue weighted by Gasteiger charge is -2.30. The molecule has 1 unspecified atom stereocenters. The van der Waals surface area contributed by atoms with Gasteiger partial charge in [0.1, 0.15) is 0 Å². The van der Waals surface area contributed by atoms with Crippen LogP contribution in [0.25, 0.3) is 21.8 Å². The number of nitrogens with zero attached hydrogens (tertiary/aromatic N) is 2. The fraction of sp³-hybridized carbons (Fsp3) is 0.458. The third-order valence-corrected chi connectivity index (χ3v) is 5.94. The molecule has 1 atom stereocenters. The van der Waals surface area contributed by atoms with Gasteiger partial charge in [0.25, 0.3) is 0 Å². The molecule has 3 nitrogen and oxygen atoms in total. The molecule has 0 spiro atoms. The number of carbonyl (C=O) groups is 1. The first-order valence-corrected chi connectivity index (χ1v) is 10.5. The summed E-state index contributed by atoms with van der Waals surface area (Å²) >= 11 is 0. The molecule has 1 saturated heterocycles. The van der Waals surface area contributed by atoms with Gasteiger partial charge in [-0.3, -0.25) is 9.36 Å². The van der Waals surface area contributed by atoms with Gasteiger partial charge in [-0.1, -0.05) is 49.7 Å². The SMILES string of the molecule is CC1CCCN(CCCCCC(=O)n2c3ccccc3c3ccccc32)C1. The number of likely N-dealkylation sites (tertiary alicyclic amines) is 1. The average molecular weight is 363 g/mol. The molecule has 4 rings (SSSR count). The smallest absolute Gasteiger partial charge is 0.231 e. The second-order valence-electron chi connectivity index (χ2n) is 8.12. The standard InChI is InChI=1S/C24H30N2O/c1-19-10-9-17-25(18-19)16-8-2-3-15-24(27)26-22-13-6-4-11-20(22)21-12-5-7-14-23(21)26/h4-7,11-14,19H,2-3,8-10,15-18H2,1H3. The number of para-hydroxylation sites is 2. The molecule has 142 valence electrons. The topological polar surface area (TPSA) is 25.2 Å². The van der Waals surface area contributed by atoms with Gasteiger partial charge < -0.3 is 4.90 Å².